The van der Waals surface area contributed by atoms with Crippen molar-refractivity contribution in [3.63, 3.8) is 0 Å². The number of halogens is 2. The number of rotatable bonds is 6. The molecule has 1 N–H and O–H groups in total. The van der Waals surface area contributed by atoms with Gasteiger partial charge in [-0.2, -0.15) is 0 Å². The van der Waals surface area contributed by atoms with E-state index in [-0.39, 0.29) is 30.3 Å². The minimum absolute atomic E-state index is 0.178. The van der Waals surface area contributed by atoms with Crippen LogP contribution in [0, 0.1) is 0 Å². The van der Waals surface area contributed by atoms with Crippen LogP contribution in [0.25, 0.3) is 16.7 Å². The third kappa shape index (κ3) is 4.08. The van der Waals surface area contributed by atoms with Crippen LogP contribution in [0.1, 0.15) is 18.9 Å². The lowest BCUT2D eigenvalue weighted by atomic mass is 10.2. The Labute approximate surface area is 186 Å². The molecule has 4 rings (SSSR count). The molecule has 0 atom stereocenters. The highest BCUT2D eigenvalue weighted by molar-refractivity contribution is 6.31. The molecule has 2 heterocycles. The summed E-state index contributed by atoms with van der Waals surface area (Å²) in [5.41, 5.74) is 0.453. The number of fused-ring (bicyclic) bond motifs is 3. The zero-order valence-electron chi connectivity index (χ0n) is 16.6. The van der Waals surface area contributed by atoms with Gasteiger partial charge in [0.25, 0.3) is 5.56 Å². The summed E-state index contributed by atoms with van der Waals surface area (Å²) < 4.78 is 3.82. The Kier molecular flexibility index (Phi) is 5.84. The van der Waals surface area contributed by atoms with Gasteiger partial charge in [-0.05, 0) is 42.3 Å². The lowest BCUT2D eigenvalue weighted by molar-refractivity contribution is -0.122. The molecule has 0 bridgehead atoms. The Morgan fingerprint density at radius 1 is 1.06 bits per heavy atom. The van der Waals surface area contributed by atoms with E-state index in [2.05, 4.69) is 10.4 Å². The predicted molar refractivity (Wildman–Crippen MR) is 120 cm³/mol. The first kappa shape index (κ1) is 21.1. The number of nitrogens with one attached hydrogen (secondary N) is 1. The lowest BCUT2D eigenvalue weighted by Crippen LogP contribution is -2.32. The normalized spacial score (nSPS) is 11.3. The standard InChI is InChI=1S/C21H19Cl2N5O3/c1-2-9-26-19(30)16-8-7-15(23)10-17(16)28-20(26)25-27(21(28)31)12-18(29)24-11-13-3-5-14(22)6-4-13/h3-8,10H,2,9,11-12H2,1H3,(H,24,29). The number of aryl methyl sites for hydroxylation is 1. The van der Waals surface area contributed by atoms with Crippen molar-refractivity contribution in [1.29, 1.82) is 0 Å². The van der Waals surface area contributed by atoms with Gasteiger partial charge in [0.15, 0.2) is 0 Å². The zero-order chi connectivity index (χ0) is 22.1. The summed E-state index contributed by atoms with van der Waals surface area (Å²) in [7, 11) is 0. The second-order valence-electron chi connectivity index (χ2n) is 7.10. The van der Waals surface area contributed by atoms with Gasteiger partial charge in [0.05, 0.1) is 10.9 Å². The number of benzene rings is 2. The molecule has 0 radical (unpaired) electrons. The van der Waals surface area contributed by atoms with E-state index in [4.69, 9.17) is 23.2 Å². The smallest absolute Gasteiger partial charge is 0.350 e. The van der Waals surface area contributed by atoms with Gasteiger partial charge in [-0.1, -0.05) is 42.3 Å². The highest BCUT2D eigenvalue weighted by atomic mass is 35.5. The van der Waals surface area contributed by atoms with E-state index in [1.165, 1.54) is 8.97 Å². The molecular weight excluding hydrogens is 441 g/mol. The largest absolute Gasteiger partial charge is 0.352 e. The van der Waals surface area contributed by atoms with Gasteiger partial charge >= 0.3 is 5.69 Å². The Morgan fingerprint density at radius 2 is 1.77 bits per heavy atom. The third-order valence-electron chi connectivity index (χ3n) is 4.88. The summed E-state index contributed by atoms with van der Waals surface area (Å²) in [6, 6.07) is 11.8. The topological polar surface area (TPSA) is 90.4 Å². The number of hydrogen-bond donors (Lipinski definition) is 1. The molecule has 8 nitrogen and oxygen atoms in total. The maximum absolute atomic E-state index is 13.1. The molecule has 0 unspecified atom stereocenters. The van der Waals surface area contributed by atoms with Gasteiger partial charge in [0.1, 0.15) is 6.54 Å². The first-order chi connectivity index (χ1) is 14.9. The van der Waals surface area contributed by atoms with Crippen LogP contribution in [0.15, 0.2) is 52.1 Å². The first-order valence-corrected chi connectivity index (χ1v) is 10.5. The number of nitrogens with zero attached hydrogens (tertiary/aromatic N) is 4. The van der Waals surface area contributed by atoms with Gasteiger partial charge < -0.3 is 5.32 Å². The van der Waals surface area contributed by atoms with Crippen molar-refractivity contribution in [1.82, 2.24) is 24.1 Å². The van der Waals surface area contributed by atoms with Crippen LogP contribution in [0.3, 0.4) is 0 Å². The van der Waals surface area contributed by atoms with Crippen molar-refractivity contribution in [2.75, 3.05) is 0 Å². The maximum Gasteiger partial charge on any atom is 0.352 e. The second kappa shape index (κ2) is 8.56. The molecule has 4 aromatic rings. The minimum atomic E-state index is -0.520. The Bertz CT molecular complexity index is 1400. The van der Waals surface area contributed by atoms with Crippen molar-refractivity contribution < 1.29 is 4.79 Å². The van der Waals surface area contributed by atoms with Crippen LogP contribution in [0.5, 0.6) is 0 Å². The van der Waals surface area contributed by atoms with E-state index in [1.54, 1.807) is 42.5 Å². The lowest BCUT2D eigenvalue weighted by Gasteiger charge is -2.08. The first-order valence-electron chi connectivity index (χ1n) is 9.72. The van der Waals surface area contributed by atoms with Crippen LogP contribution in [0.4, 0.5) is 0 Å². The van der Waals surface area contributed by atoms with Crippen molar-refractivity contribution in [3.8, 4) is 0 Å². The molecule has 0 aliphatic rings. The highest BCUT2D eigenvalue weighted by Crippen LogP contribution is 2.17. The highest BCUT2D eigenvalue weighted by Gasteiger charge is 2.18. The van der Waals surface area contributed by atoms with Crippen molar-refractivity contribution >= 4 is 45.8 Å². The van der Waals surface area contributed by atoms with Crippen LogP contribution < -0.4 is 16.6 Å². The Hall–Kier alpha value is -3.10. The van der Waals surface area contributed by atoms with Gasteiger partial charge in [-0.15, -0.1) is 5.10 Å². The number of carbonyl (C=O) groups is 1. The molecule has 160 valence electrons. The fourth-order valence-corrected chi connectivity index (χ4v) is 3.70. The molecular formula is C21H19Cl2N5O3. The zero-order valence-corrected chi connectivity index (χ0v) is 18.2. The van der Waals surface area contributed by atoms with E-state index in [9.17, 15) is 14.4 Å². The quantitative estimate of drug-likeness (QED) is 0.479. The van der Waals surface area contributed by atoms with Crippen molar-refractivity contribution in [2.45, 2.75) is 33.0 Å². The fourth-order valence-electron chi connectivity index (χ4n) is 3.41. The summed E-state index contributed by atoms with van der Waals surface area (Å²) in [5.74, 6) is -0.204. The molecule has 31 heavy (non-hydrogen) atoms. The summed E-state index contributed by atoms with van der Waals surface area (Å²) in [6.45, 7) is 2.32. The average Bonchev–Trinajstić information content (AvgIpc) is 3.06. The molecule has 0 saturated carbocycles. The summed E-state index contributed by atoms with van der Waals surface area (Å²) >= 11 is 12.0. The fraction of sp³-hybridized carbons (Fsp3) is 0.238. The second-order valence-corrected chi connectivity index (χ2v) is 7.97. The van der Waals surface area contributed by atoms with Crippen LogP contribution in [-0.2, 0) is 24.4 Å². The molecule has 2 aromatic carbocycles. The molecule has 0 aliphatic carbocycles. The number of amides is 1. The Morgan fingerprint density at radius 3 is 2.48 bits per heavy atom. The number of carbonyl (C=O) groups excluding carboxylic acids is 1. The maximum atomic E-state index is 13.1. The van der Waals surface area contributed by atoms with E-state index in [0.29, 0.717) is 33.9 Å². The molecule has 0 saturated heterocycles. The van der Waals surface area contributed by atoms with Crippen molar-refractivity contribution in [3.05, 3.63) is 78.9 Å². The summed E-state index contributed by atoms with van der Waals surface area (Å²) in [5, 5.41) is 8.40. The van der Waals surface area contributed by atoms with Crippen molar-refractivity contribution in [2.24, 2.45) is 0 Å². The SMILES string of the molecule is CCCn1c(=O)c2ccc(Cl)cc2n2c(=O)n(CC(=O)NCc3ccc(Cl)cc3)nc12. The number of aromatic nitrogens is 4. The Balaban J connectivity index is 1.72. The molecule has 0 spiro atoms. The minimum Gasteiger partial charge on any atom is -0.350 e. The van der Waals surface area contributed by atoms with Gasteiger partial charge in [-0.3, -0.25) is 14.2 Å². The molecule has 1 amide bonds. The summed E-state index contributed by atoms with van der Waals surface area (Å²) in [6.07, 6.45) is 0.678. The van der Waals surface area contributed by atoms with Gasteiger partial charge in [-0.25, -0.2) is 13.9 Å². The van der Waals surface area contributed by atoms with Crippen LogP contribution >= 0.6 is 23.2 Å². The van der Waals surface area contributed by atoms with Crippen LogP contribution in [0.2, 0.25) is 10.0 Å². The third-order valence-corrected chi connectivity index (χ3v) is 5.37. The molecule has 0 fully saturated rings. The average molecular weight is 460 g/mol. The van der Waals surface area contributed by atoms with E-state index < -0.39 is 5.69 Å². The van der Waals surface area contributed by atoms with Crippen LogP contribution in [-0.4, -0.2) is 24.7 Å². The summed E-state index contributed by atoms with van der Waals surface area (Å²) in [4.78, 5) is 38.5. The molecule has 2 aromatic heterocycles. The monoisotopic (exact) mass is 459 g/mol. The van der Waals surface area contributed by atoms with E-state index in [0.717, 1.165) is 10.2 Å². The van der Waals surface area contributed by atoms with Gasteiger partial charge in [0.2, 0.25) is 11.7 Å². The van der Waals surface area contributed by atoms with Gasteiger partial charge in [0, 0.05) is 23.1 Å². The molecule has 10 heteroatoms. The van der Waals surface area contributed by atoms with E-state index in [1.807, 2.05) is 6.92 Å². The predicted octanol–water partition coefficient (Wildman–Crippen LogP) is 2.84. The number of hydrogen-bond acceptors (Lipinski definition) is 4. The molecule has 0 aliphatic heterocycles. The van der Waals surface area contributed by atoms with E-state index >= 15 is 0 Å².